The number of benzene rings is 5. The molecule has 2 aliphatic heterocycles. The van der Waals surface area contributed by atoms with Gasteiger partial charge in [0.1, 0.15) is 30.5 Å². The van der Waals surface area contributed by atoms with Gasteiger partial charge in [-0.15, -0.1) is 0 Å². The van der Waals surface area contributed by atoms with Gasteiger partial charge in [-0.25, -0.2) is 0 Å². The summed E-state index contributed by atoms with van der Waals surface area (Å²) in [6.45, 7) is 7.10. The highest BCUT2D eigenvalue weighted by Gasteiger charge is 2.51. The lowest BCUT2D eigenvalue weighted by Gasteiger charge is -2.46. The molecule has 0 bridgehead atoms. The fourth-order valence-corrected chi connectivity index (χ4v) is 7.20. The van der Waals surface area contributed by atoms with Crippen LogP contribution in [0.4, 0.5) is 0 Å². The summed E-state index contributed by atoms with van der Waals surface area (Å²) in [5.41, 5.74) is 4.12. The fraction of sp³-hybridized carbons (Fsp3) is 0.365. The van der Waals surface area contributed by atoms with Crippen molar-refractivity contribution in [3.63, 3.8) is 0 Å². The normalized spacial score (nSPS) is 23.7. The van der Waals surface area contributed by atoms with E-state index in [0.29, 0.717) is 19.8 Å². The summed E-state index contributed by atoms with van der Waals surface area (Å²) >= 11 is 0. The van der Waals surface area contributed by atoms with E-state index >= 15 is 0 Å². The van der Waals surface area contributed by atoms with Crippen molar-refractivity contribution in [2.75, 3.05) is 13.2 Å². The van der Waals surface area contributed by atoms with E-state index < -0.39 is 60.4 Å². The lowest BCUT2D eigenvalue weighted by Crippen LogP contribution is -2.63. The van der Waals surface area contributed by atoms with Crippen molar-refractivity contribution in [2.45, 2.75) is 103 Å². The highest BCUT2D eigenvalue weighted by molar-refractivity contribution is 5.75. The van der Waals surface area contributed by atoms with Gasteiger partial charge in [0, 0.05) is 0 Å². The quantitative estimate of drug-likeness (QED) is 0.0706. The third-order valence-corrected chi connectivity index (χ3v) is 10.6. The molecule has 2 heterocycles. The number of rotatable bonds is 20. The first kappa shape index (κ1) is 44.9. The largest absolute Gasteiger partial charge is 0.493 e. The monoisotopic (exact) mass is 842 g/mol. The van der Waals surface area contributed by atoms with E-state index in [1.165, 1.54) is 0 Å². The number of hydrogen-bond acceptors (Lipinski definition) is 10. The third-order valence-electron chi connectivity index (χ3n) is 10.6. The average Bonchev–Trinajstić information content (AvgIpc) is 3.30. The molecule has 62 heavy (non-hydrogen) atoms. The Hall–Kier alpha value is -5.17. The zero-order valence-electron chi connectivity index (χ0n) is 35.7. The summed E-state index contributed by atoms with van der Waals surface area (Å²) in [6.07, 6.45) is -2.60. The van der Waals surface area contributed by atoms with Crippen LogP contribution in [0.1, 0.15) is 48.6 Å². The first-order valence-electron chi connectivity index (χ1n) is 21.3. The third kappa shape index (κ3) is 13.2. The molecule has 10 heteroatoms. The molecule has 1 saturated heterocycles. The van der Waals surface area contributed by atoms with Gasteiger partial charge in [-0.2, -0.15) is 0 Å². The second-order valence-corrected chi connectivity index (χ2v) is 16.5. The smallest absolute Gasteiger partial charge is 0.311 e. The molecule has 5 aromatic carbocycles. The molecule has 0 saturated carbocycles. The van der Waals surface area contributed by atoms with Gasteiger partial charge in [-0.3, -0.25) is 4.79 Å². The second kappa shape index (κ2) is 22.8. The summed E-state index contributed by atoms with van der Waals surface area (Å²) in [4.78, 5) is 13.9. The van der Waals surface area contributed by atoms with E-state index in [0.717, 1.165) is 27.8 Å². The molecule has 0 unspecified atom stereocenters. The number of carbonyl (C=O) groups is 1. The zero-order valence-corrected chi connectivity index (χ0v) is 35.7. The molecule has 0 aromatic heterocycles. The Morgan fingerprint density at radius 3 is 1.40 bits per heavy atom. The van der Waals surface area contributed by atoms with Gasteiger partial charge in [0.2, 0.25) is 0 Å². The highest BCUT2D eigenvalue weighted by Crippen LogP contribution is 2.34. The average molecular weight is 843 g/mol. The Morgan fingerprint density at radius 1 is 0.484 bits per heavy atom. The van der Waals surface area contributed by atoms with Crippen LogP contribution in [0.3, 0.4) is 0 Å². The molecule has 7 rings (SSSR count). The molecule has 8 atom stereocenters. The Labute approximate surface area is 365 Å². The second-order valence-electron chi connectivity index (χ2n) is 16.5. The lowest BCUT2D eigenvalue weighted by atomic mass is 9.95. The van der Waals surface area contributed by atoms with E-state index in [4.69, 9.17) is 42.6 Å². The van der Waals surface area contributed by atoms with Gasteiger partial charge in [0.25, 0.3) is 0 Å². The van der Waals surface area contributed by atoms with Crippen LogP contribution in [0.5, 0.6) is 0 Å². The van der Waals surface area contributed by atoms with Gasteiger partial charge in [0.05, 0.1) is 57.9 Å². The highest BCUT2D eigenvalue weighted by atomic mass is 16.7. The Kier molecular flexibility index (Phi) is 16.5. The predicted octanol–water partition coefficient (Wildman–Crippen LogP) is 9.16. The number of hydrogen-bond donors (Lipinski definition) is 0. The van der Waals surface area contributed by atoms with Crippen LogP contribution in [0.2, 0.25) is 0 Å². The summed E-state index contributed by atoms with van der Waals surface area (Å²) < 4.78 is 59.2. The fourth-order valence-electron chi connectivity index (χ4n) is 7.20. The lowest BCUT2D eigenvalue weighted by molar-refractivity contribution is -0.327. The summed E-state index contributed by atoms with van der Waals surface area (Å²) in [5.74, 6) is -0.441. The van der Waals surface area contributed by atoms with Crippen molar-refractivity contribution in [3.05, 3.63) is 192 Å². The van der Waals surface area contributed by atoms with E-state index in [2.05, 4.69) is 0 Å². The van der Waals surface area contributed by atoms with Crippen LogP contribution < -0.4 is 0 Å². The SMILES string of the molecule is CC(C)(C)C(=O)O[C@H]1[C@H](OC[C@H]2OC=C[C@H](OCc3ccccc3)[C@@H]2OCc2ccccc2)O[C@H](COCc2ccccc2)[C@@H](OCc2ccccc2)[C@@H]1OCc1ccccc1. The van der Waals surface area contributed by atoms with Crippen molar-refractivity contribution in [1.82, 2.24) is 0 Å². The minimum absolute atomic E-state index is 0.00175. The number of esters is 1. The van der Waals surface area contributed by atoms with Crippen LogP contribution >= 0.6 is 0 Å². The molecule has 1 fully saturated rings. The molecule has 0 spiro atoms. The zero-order chi connectivity index (χ0) is 43.0. The van der Waals surface area contributed by atoms with Crippen LogP contribution in [-0.4, -0.2) is 68.2 Å². The molecule has 0 aliphatic carbocycles. The molecular formula is C52H58O10. The summed E-state index contributed by atoms with van der Waals surface area (Å²) in [6, 6.07) is 49.6. The predicted molar refractivity (Wildman–Crippen MR) is 234 cm³/mol. The number of carbonyl (C=O) groups excluding carboxylic acids is 1. The Bertz CT molecular complexity index is 2060. The first-order valence-corrected chi connectivity index (χ1v) is 21.3. The first-order chi connectivity index (χ1) is 30.3. The van der Waals surface area contributed by atoms with Crippen molar-refractivity contribution in [1.29, 1.82) is 0 Å². The maximum Gasteiger partial charge on any atom is 0.311 e. The van der Waals surface area contributed by atoms with E-state index in [1.54, 1.807) is 6.26 Å². The standard InChI is InChI=1S/C52H58O10/c1-52(2,3)51(53)62-49-48(59-35-42-27-17-8-18-28-42)47(58-34-41-25-15-7-16-26-41)45(36-54-31-38-19-9-4-10-20-38)61-50(49)60-37-44-46(57-33-40-23-13-6-14-24-40)43(29-30-55-44)56-32-39-21-11-5-12-22-39/h4-30,43-50H,31-37H2,1-3H3/t43-,44+,45+,46-,47+,48-,49+,50+/m0/s1. The Morgan fingerprint density at radius 2 is 0.919 bits per heavy atom. The minimum Gasteiger partial charge on any atom is -0.493 e. The molecule has 326 valence electrons. The molecule has 0 amide bonds. The maximum atomic E-state index is 13.9. The van der Waals surface area contributed by atoms with Crippen LogP contribution in [-0.2, 0) is 80.5 Å². The van der Waals surface area contributed by atoms with Gasteiger partial charge < -0.3 is 42.6 Å². The van der Waals surface area contributed by atoms with Crippen molar-refractivity contribution in [3.8, 4) is 0 Å². The molecular weight excluding hydrogens is 785 g/mol. The molecule has 0 N–H and O–H groups in total. The minimum atomic E-state index is -1.11. The van der Waals surface area contributed by atoms with Gasteiger partial charge in [-0.05, 0) is 54.7 Å². The van der Waals surface area contributed by atoms with Crippen molar-refractivity contribution in [2.24, 2.45) is 5.41 Å². The topological polar surface area (TPSA) is 100 Å². The van der Waals surface area contributed by atoms with Crippen LogP contribution in [0, 0.1) is 5.41 Å². The molecule has 0 radical (unpaired) electrons. The summed E-state index contributed by atoms with van der Waals surface area (Å²) in [5, 5.41) is 0. The van der Waals surface area contributed by atoms with E-state index in [9.17, 15) is 4.79 Å². The van der Waals surface area contributed by atoms with Crippen LogP contribution in [0.25, 0.3) is 0 Å². The Balaban J connectivity index is 1.18. The molecule has 5 aromatic rings. The van der Waals surface area contributed by atoms with Crippen molar-refractivity contribution >= 4 is 5.97 Å². The maximum absolute atomic E-state index is 13.9. The van der Waals surface area contributed by atoms with Gasteiger partial charge >= 0.3 is 5.97 Å². The number of ether oxygens (including phenoxy) is 9. The van der Waals surface area contributed by atoms with E-state index in [1.807, 2.05) is 179 Å². The van der Waals surface area contributed by atoms with Crippen LogP contribution in [0.15, 0.2) is 164 Å². The summed E-state index contributed by atoms with van der Waals surface area (Å²) in [7, 11) is 0. The van der Waals surface area contributed by atoms with Gasteiger partial charge in [-0.1, -0.05) is 152 Å². The van der Waals surface area contributed by atoms with Gasteiger partial charge in [0.15, 0.2) is 18.5 Å². The molecule has 10 nitrogen and oxygen atoms in total. The molecule has 2 aliphatic rings. The van der Waals surface area contributed by atoms with Crippen molar-refractivity contribution < 1.29 is 47.4 Å². The van der Waals surface area contributed by atoms with E-state index in [-0.39, 0.29) is 26.4 Å².